The molecule has 3 amide bonds. The van der Waals surface area contributed by atoms with E-state index in [0.717, 1.165) is 0 Å². The smallest absolute Gasteiger partial charge is 0.408 e. The molecule has 9 nitrogen and oxygen atoms in total. The lowest BCUT2D eigenvalue weighted by molar-refractivity contribution is -0.144. The molecule has 9 heteroatoms. The van der Waals surface area contributed by atoms with Crippen LogP contribution in [0.25, 0.3) is 0 Å². The Kier molecular flexibility index (Phi) is 9.72. The molecule has 1 atom stereocenters. The number of methoxy groups -OCH3 is 1. The van der Waals surface area contributed by atoms with Crippen molar-refractivity contribution >= 4 is 23.9 Å². The average Bonchev–Trinajstić information content (AvgIpc) is 2.72. The van der Waals surface area contributed by atoms with Crippen molar-refractivity contribution in [2.75, 3.05) is 20.2 Å². The molecule has 0 heterocycles. The Bertz CT molecular complexity index is 865. The van der Waals surface area contributed by atoms with Crippen molar-refractivity contribution in [3.8, 4) is 12.3 Å². The topological polar surface area (TPSA) is 114 Å². The van der Waals surface area contributed by atoms with Crippen molar-refractivity contribution in [1.82, 2.24) is 15.5 Å². The number of alkyl carbamates (subject to hydrolysis) is 1. The highest BCUT2D eigenvalue weighted by molar-refractivity contribution is 5.92. The molecule has 0 aliphatic carbocycles. The van der Waals surface area contributed by atoms with Crippen molar-refractivity contribution in [1.29, 1.82) is 0 Å². The lowest BCUT2D eigenvalue weighted by Crippen LogP contribution is -2.51. The standard InChI is InChI=1S/C23H31N3O6/c1-8-16-9-11-17(12-10-16)20(21(29)24-14-19(28)31-7)26(15(2)3)18(27)13-25-22(30)32-23(4,5)6/h1,9-12,15,20H,13-14H2,2-7H3,(H,24,29)(H,25,30). The summed E-state index contributed by atoms with van der Waals surface area (Å²) >= 11 is 0. The van der Waals surface area contributed by atoms with E-state index in [1.54, 1.807) is 58.9 Å². The summed E-state index contributed by atoms with van der Waals surface area (Å²) in [4.78, 5) is 50.8. The molecule has 0 fully saturated rings. The molecule has 0 saturated heterocycles. The molecule has 0 bridgehead atoms. The number of benzene rings is 1. The van der Waals surface area contributed by atoms with Gasteiger partial charge in [0.25, 0.3) is 0 Å². The van der Waals surface area contributed by atoms with Gasteiger partial charge in [-0.2, -0.15) is 0 Å². The molecule has 1 aromatic rings. The highest BCUT2D eigenvalue weighted by Gasteiger charge is 2.33. The SMILES string of the molecule is C#Cc1ccc(C(C(=O)NCC(=O)OC)N(C(=O)CNC(=O)OC(C)(C)C)C(C)C)cc1. The molecule has 0 aliphatic heterocycles. The summed E-state index contributed by atoms with van der Waals surface area (Å²) in [5.41, 5.74) is 0.377. The lowest BCUT2D eigenvalue weighted by atomic mass is 10.0. The number of amides is 3. The summed E-state index contributed by atoms with van der Waals surface area (Å²) in [5.74, 6) is 0.772. The molecule has 1 unspecified atom stereocenters. The Labute approximate surface area is 188 Å². The average molecular weight is 446 g/mol. The minimum Gasteiger partial charge on any atom is -0.468 e. The maximum atomic E-state index is 13.0. The second kappa shape index (κ2) is 11.7. The summed E-state index contributed by atoms with van der Waals surface area (Å²) in [6.45, 7) is 7.85. The van der Waals surface area contributed by atoms with Crippen LogP contribution in [0, 0.1) is 12.3 Å². The Morgan fingerprint density at radius 3 is 2.12 bits per heavy atom. The highest BCUT2D eigenvalue weighted by Crippen LogP contribution is 2.24. The van der Waals surface area contributed by atoms with Crippen LogP contribution in [0.5, 0.6) is 0 Å². The molecule has 0 spiro atoms. The Hall–Kier alpha value is -3.54. The molecule has 0 radical (unpaired) electrons. The van der Waals surface area contributed by atoms with Crippen LogP contribution in [0.15, 0.2) is 24.3 Å². The third-order valence-electron chi connectivity index (χ3n) is 4.18. The zero-order valence-electron chi connectivity index (χ0n) is 19.4. The first kappa shape index (κ1) is 26.5. The Morgan fingerprint density at radius 2 is 1.66 bits per heavy atom. The molecule has 1 aromatic carbocycles. The monoisotopic (exact) mass is 445 g/mol. The van der Waals surface area contributed by atoms with E-state index in [2.05, 4.69) is 21.3 Å². The summed E-state index contributed by atoms with van der Waals surface area (Å²) in [5, 5.41) is 4.90. The van der Waals surface area contributed by atoms with Crippen molar-refractivity contribution in [3.63, 3.8) is 0 Å². The van der Waals surface area contributed by atoms with E-state index in [1.807, 2.05) is 0 Å². The van der Waals surface area contributed by atoms with Gasteiger partial charge in [-0.3, -0.25) is 14.4 Å². The number of ether oxygens (including phenoxy) is 2. The number of carbonyl (C=O) groups excluding carboxylic acids is 4. The largest absolute Gasteiger partial charge is 0.468 e. The number of terminal acetylenes is 1. The van der Waals surface area contributed by atoms with Gasteiger partial charge in [0.05, 0.1) is 7.11 Å². The van der Waals surface area contributed by atoms with Gasteiger partial charge in [0, 0.05) is 11.6 Å². The van der Waals surface area contributed by atoms with Gasteiger partial charge in [-0.15, -0.1) is 6.42 Å². The van der Waals surface area contributed by atoms with Gasteiger partial charge in [0.15, 0.2) is 0 Å². The minimum absolute atomic E-state index is 0.357. The third kappa shape index (κ3) is 8.30. The predicted octanol–water partition coefficient (Wildman–Crippen LogP) is 1.76. The maximum Gasteiger partial charge on any atom is 0.408 e. The van der Waals surface area contributed by atoms with Crippen molar-refractivity contribution < 1.29 is 28.7 Å². The van der Waals surface area contributed by atoms with Gasteiger partial charge >= 0.3 is 12.1 Å². The summed E-state index contributed by atoms with van der Waals surface area (Å²) < 4.78 is 9.71. The van der Waals surface area contributed by atoms with E-state index in [9.17, 15) is 19.2 Å². The molecule has 0 saturated carbocycles. The van der Waals surface area contributed by atoms with Crippen molar-refractivity contribution in [2.45, 2.75) is 52.3 Å². The summed E-state index contributed by atoms with van der Waals surface area (Å²) in [6, 6.07) is 5.10. The maximum absolute atomic E-state index is 13.0. The molecule has 174 valence electrons. The summed E-state index contributed by atoms with van der Waals surface area (Å²) in [6.07, 6.45) is 4.65. The Morgan fingerprint density at radius 1 is 1.06 bits per heavy atom. The first-order valence-electron chi connectivity index (χ1n) is 10.1. The van der Waals surface area contributed by atoms with Gasteiger partial charge in [-0.1, -0.05) is 18.1 Å². The van der Waals surface area contributed by atoms with Gasteiger partial charge in [0.2, 0.25) is 11.8 Å². The van der Waals surface area contributed by atoms with Crippen LogP contribution >= 0.6 is 0 Å². The second-order valence-electron chi connectivity index (χ2n) is 8.21. The fourth-order valence-corrected chi connectivity index (χ4v) is 2.81. The normalized spacial score (nSPS) is 11.7. The van der Waals surface area contributed by atoms with Gasteiger partial charge < -0.3 is 25.0 Å². The van der Waals surface area contributed by atoms with Crippen molar-refractivity contribution in [2.24, 2.45) is 0 Å². The first-order chi connectivity index (χ1) is 14.9. The number of rotatable bonds is 8. The fraction of sp³-hybridized carbons (Fsp3) is 0.478. The molecule has 2 N–H and O–H groups in total. The van der Waals surface area contributed by atoms with Crippen molar-refractivity contribution in [3.05, 3.63) is 35.4 Å². The number of carbonyl (C=O) groups is 4. The van der Waals surface area contributed by atoms with Crippen LogP contribution in [0.4, 0.5) is 4.79 Å². The van der Waals surface area contributed by atoms with Gasteiger partial charge in [0.1, 0.15) is 24.7 Å². The number of hydrogen-bond donors (Lipinski definition) is 2. The van der Waals surface area contributed by atoms with E-state index in [1.165, 1.54) is 12.0 Å². The van der Waals surface area contributed by atoms with Crippen LogP contribution in [0.1, 0.15) is 51.8 Å². The van der Waals surface area contributed by atoms with E-state index >= 15 is 0 Å². The first-order valence-corrected chi connectivity index (χ1v) is 10.1. The Balaban J connectivity index is 3.18. The zero-order valence-corrected chi connectivity index (χ0v) is 19.4. The molecule has 0 aliphatic rings. The highest BCUT2D eigenvalue weighted by atomic mass is 16.6. The second-order valence-corrected chi connectivity index (χ2v) is 8.21. The number of hydrogen-bond acceptors (Lipinski definition) is 6. The van der Waals surface area contributed by atoms with Gasteiger partial charge in [-0.25, -0.2) is 4.79 Å². The number of nitrogens with one attached hydrogen (secondary N) is 2. The van der Waals surface area contributed by atoms with Crippen LogP contribution in [0.3, 0.4) is 0 Å². The third-order valence-corrected chi connectivity index (χ3v) is 4.18. The molecule has 1 rings (SSSR count). The fourth-order valence-electron chi connectivity index (χ4n) is 2.81. The quantitative estimate of drug-likeness (QED) is 0.466. The zero-order chi connectivity index (χ0) is 24.5. The lowest BCUT2D eigenvalue weighted by Gasteiger charge is -2.34. The van der Waals surface area contributed by atoms with Gasteiger partial charge in [-0.05, 0) is 52.3 Å². The molecule has 0 aromatic heterocycles. The molecular weight excluding hydrogens is 414 g/mol. The van der Waals surface area contributed by atoms with E-state index < -0.39 is 41.6 Å². The minimum atomic E-state index is -1.07. The van der Waals surface area contributed by atoms with Crippen LogP contribution in [-0.2, 0) is 23.9 Å². The predicted molar refractivity (Wildman–Crippen MR) is 118 cm³/mol. The summed E-state index contributed by atoms with van der Waals surface area (Å²) in [7, 11) is 1.21. The van der Waals surface area contributed by atoms with E-state index in [4.69, 9.17) is 11.2 Å². The van der Waals surface area contributed by atoms with Crippen LogP contribution < -0.4 is 10.6 Å². The number of nitrogens with zero attached hydrogens (tertiary/aromatic N) is 1. The van der Waals surface area contributed by atoms with E-state index in [0.29, 0.717) is 11.1 Å². The number of esters is 1. The molecule has 32 heavy (non-hydrogen) atoms. The van der Waals surface area contributed by atoms with Crippen LogP contribution in [-0.4, -0.2) is 60.6 Å². The van der Waals surface area contributed by atoms with Crippen LogP contribution in [0.2, 0.25) is 0 Å². The van der Waals surface area contributed by atoms with E-state index in [-0.39, 0.29) is 13.1 Å². The molecular formula is C23H31N3O6.